The summed E-state index contributed by atoms with van der Waals surface area (Å²) in [6.45, 7) is 4.44. The molecule has 0 aromatic rings. The lowest BCUT2D eigenvalue weighted by molar-refractivity contribution is -0.870. The predicted octanol–water partition coefficient (Wildman–Crippen LogP) is 17.7. The fraction of sp³-hybridized carbons (Fsp3) is 0.930. The van der Waals surface area contributed by atoms with Gasteiger partial charge in [-0.2, -0.15) is 0 Å². The van der Waals surface area contributed by atoms with Crippen LogP contribution in [0.25, 0.3) is 0 Å². The van der Waals surface area contributed by atoms with Crippen molar-refractivity contribution in [2.24, 2.45) is 0 Å². The number of rotatable bonds is 54. The Morgan fingerprint density at radius 2 is 0.761 bits per heavy atom. The summed E-state index contributed by atoms with van der Waals surface area (Å²) < 4.78 is 34.5. The van der Waals surface area contributed by atoms with E-state index >= 15 is 0 Å². The normalized spacial score (nSPS) is 13.3. The summed E-state index contributed by atoms with van der Waals surface area (Å²) >= 11 is 0. The third-order valence-electron chi connectivity index (χ3n) is 13.0. The molecule has 0 saturated heterocycles. The van der Waals surface area contributed by atoms with E-state index in [4.69, 9.17) is 18.5 Å². The number of ether oxygens (including phenoxy) is 2. The zero-order valence-electron chi connectivity index (χ0n) is 45.2. The van der Waals surface area contributed by atoms with Crippen LogP contribution in [-0.2, 0) is 32.7 Å². The first-order chi connectivity index (χ1) is 32.5. The lowest BCUT2D eigenvalue weighted by atomic mass is 10.0. The Morgan fingerprint density at radius 1 is 0.448 bits per heavy atom. The van der Waals surface area contributed by atoms with Crippen molar-refractivity contribution < 1.29 is 42.1 Å². The number of quaternary nitrogens is 1. The lowest BCUT2D eigenvalue weighted by Crippen LogP contribution is -2.37. The van der Waals surface area contributed by atoms with E-state index in [1.165, 1.54) is 205 Å². The monoisotopic (exact) mass is 971 g/mol. The smallest absolute Gasteiger partial charge is 0.462 e. The zero-order valence-corrected chi connectivity index (χ0v) is 46.1. The van der Waals surface area contributed by atoms with Crippen LogP contribution < -0.4 is 0 Å². The van der Waals surface area contributed by atoms with Crippen LogP contribution >= 0.6 is 7.82 Å². The molecular formula is C57H113NO8P+. The lowest BCUT2D eigenvalue weighted by Gasteiger charge is -2.24. The van der Waals surface area contributed by atoms with Crippen LogP contribution in [0.3, 0.4) is 0 Å². The van der Waals surface area contributed by atoms with E-state index in [-0.39, 0.29) is 25.6 Å². The molecule has 0 radical (unpaired) electrons. The molecule has 0 fully saturated rings. The molecule has 0 amide bonds. The zero-order chi connectivity index (χ0) is 49.2. The van der Waals surface area contributed by atoms with E-state index in [1.807, 2.05) is 21.1 Å². The number of carbonyl (C=O) groups excluding carboxylic acids is 2. The first kappa shape index (κ1) is 65.8. The molecule has 0 heterocycles. The third-order valence-corrected chi connectivity index (χ3v) is 14.0. The summed E-state index contributed by atoms with van der Waals surface area (Å²) in [4.78, 5) is 35.5. The van der Waals surface area contributed by atoms with Crippen molar-refractivity contribution >= 4 is 19.8 Å². The Bertz CT molecular complexity index is 1140. The van der Waals surface area contributed by atoms with Gasteiger partial charge in [-0.1, -0.05) is 251 Å². The van der Waals surface area contributed by atoms with Crippen LogP contribution in [0.5, 0.6) is 0 Å². The fourth-order valence-corrected chi connectivity index (χ4v) is 9.28. The van der Waals surface area contributed by atoms with Gasteiger partial charge in [0.25, 0.3) is 0 Å². The first-order valence-electron chi connectivity index (χ1n) is 28.9. The highest BCUT2D eigenvalue weighted by Crippen LogP contribution is 2.43. The van der Waals surface area contributed by atoms with E-state index in [2.05, 4.69) is 26.0 Å². The standard InChI is InChI=1S/C57H112NO8P/c1-6-8-10-12-14-16-18-20-21-22-23-24-25-26-27-28-29-30-31-32-33-34-35-36-37-38-40-41-43-45-47-49-56(59)63-53-55(54-65-67(61,62)64-52-51-58(3,4)5)66-57(60)50-48-46-44-42-39-19-17-15-13-11-9-7-2/h15,17,55H,6-14,16,18-54H2,1-5H3/p+1/b17-15-. The summed E-state index contributed by atoms with van der Waals surface area (Å²) in [6.07, 6.45) is 57.4. The second-order valence-electron chi connectivity index (χ2n) is 21.0. The largest absolute Gasteiger partial charge is 0.472 e. The Balaban J connectivity index is 3.94. The van der Waals surface area contributed by atoms with Gasteiger partial charge in [0.15, 0.2) is 6.10 Å². The molecule has 1 N–H and O–H groups in total. The van der Waals surface area contributed by atoms with Gasteiger partial charge in [-0.25, -0.2) is 4.57 Å². The quantitative estimate of drug-likeness (QED) is 0.0211. The molecule has 9 nitrogen and oxygen atoms in total. The van der Waals surface area contributed by atoms with Crippen LogP contribution in [0.4, 0.5) is 0 Å². The molecule has 0 aliphatic heterocycles. The number of unbranched alkanes of at least 4 members (excludes halogenated alkanes) is 38. The van der Waals surface area contributed by atoms with Gasteiger partial charge in [-0.05, 0) is 38.5 Å². The molecule has 2 atom stereocenters. The van der Waals surface area contributed by atoms with Gasteiger partial charge in [0.05, 0.1) is 27.7 Å². The number of likely N-dealkylation sites (N-methyl/N-ethyl adjacent to an activating group) is 1. The Labute approximate surface area is 416 Å². The van der Waals surface area contributed by atoms with Crippen LogP contribution in [0.1, 0.15) is 290 Å². The van der Waals surface area contributed by atoms with Crippen LogP contribution in [0, 0.1) is 0 Å². The average molecular weight is 972 g/mol. The highest BCUT2D eigenvalue weighted by molar-refractivity contribution is 7.47. The average Bonchev–Trinajstić information content (AvgIpc) is 3.29. The Morgan fingerprint density at radius 3 is 1.13 bits per heavy atom. The maximum Gasteiger partial charge on any atom is 0.472 e. The van der Waals surface area contributed by atoms with E-state index in [9.17, 15) is 19.0 Å². The van der Waals surface area contributed by atoms with E-state index in [0.29, 0.717) is 23.9 Å². The maximum atomic E-state index is 12.7. The van der Waals surface area contributed by atoms with Crippen molar-refractivity contribution in [3.63, 3.8) is 0 Å². The minimum absolute atomic E-state index is 0.0334. The second-order valence-corrected chi connectivity index (χ2v) is 22.5. The summed E-state index contributed by atoms with van der Waals surface area (Å²) in [5.74, 6) is -0.793. The molecule has 0 aromatic heterocycles. The summed E-state index contributed by atoms with van der Waals surface area (Å²) in [5, 5.41) is 0. The van der Waals surface area contributed by atoms with Gasteiger partial charge >= 0.3 is 19.8 Å². The molecule has 0 aromatic carbocycles. The molecule has 398 valence electrons. The summed E-state index contributed by atoms with van der Waals surface area (Å²) in [7, 11) is 1.49. The Kier molecular flexibility index (Phi) is 48.8. The molecule has 10 heteroatoms. The number of nitrogens with zero attached hydrogens (tertiary/aromatic N) is 1. The second kappa shape index (κ2) is 49.7. The molecule has 0 aliphatic rings. The van der Waals surface area contributed by atoms with Crippen molar-refractivity contribution in [3.8, 4) is 0 Å². The van der Waals surface area contributed by atoms with Crippen molar-refractivity contribution in [3.05, 3.63) is 12.2 Å². The number of allylic oxidation sites excluding steroid dienone is 2. The molecule has 0 aliphatic carbocycles. The maximum absolute atomic E-state index is 12.7. The van der Waals surface area contributed by atoms with Crippen molar-refractivity contribution in [2.45, 2.75) is 296 Å². The molecular weight excluding hydrogens is 858 g/mol. The third kappa shape index (κ3) is 53.9. The summed E-state index contributed by atoms with van der Waals surface area (Å²) in [5.41, 5.74) is 0. The van der Waals surface area contributed by atoms with Crippen molar-refractivity contribution in [2.75, 3.05) is 47.5 Å². The van der Waals surface area contributed by atoms with Gasteiger partial charge in [-0.3, -0.25) is 18.6 Å². The number of carbonyl (C=O) groups is 2. The molecule has 67 heavy (non-hydrogen) atoms. The number of phosphoric acid groups is 1. The number of hydrogen-bond acceptors (Lipinski definition) is 7. The minimum Gasteiger partial charge on any atom is -0.462 e. The van der Waals surface area contributed by atoms with Crippen LogP contribution in [0.2, 0.25) is 0 Å². The highest BCUT2D eigenvalue weighted by atomic mass is 31.2. The highest BCUT2D eigenvalue weighted by Gasteiger charge is 2.27. The topological polar surface area (TPSA) is 108 Å². The van der Waals surface area contributed by atoms with Crippen molar-refractivity contribution in [1.82, 2.24) is 0 Å². The predicted molar refractivity (Wildman–Crippen MR) is 284 cm³/mol. The number of esters is 2. The minimum atomic E-state index is -4.38. The fourth-order valence-electron chi connectivity index (χ4n) is 8.54. The molecule has 2 unspecified atom stereocenters. The van der Waals surface area contributed by atoms with Crippen LogP contribution in [0.15, 0.2) is 12.2 Å². The van der Waals surface area contributed by atoms with Gasteiger partial charge in [0.2, 0.25) is 0 Å². The molecule has 0 saturated carbocycles. The van der Waals surface area contributed by atoms with E-state index in [0.717, 1.165) is 51.4 Å². The van der Waals surface area contributed by atoms with Gasteiger partial charge in [0.1, 0.15) is 19.8 Å². The van der Waals surface area contributed by atoms with E-state index < -0.39 is 26.5 Å². The van der Waals surface area contributed by atoms with Crippen LogP contribution in [-0.4, -0.2) is 74.9 Å². The van der Waals surface area contributed by atoms with Gasteiger partial charge < -0.3 is 18.9 Å². The molecule has 0 rings (SSSR count). The molecule has 0 spiro atoms. The summed E-state index contributed by atoms with van der Waals surface area (Å²) in [6, 6.07) is 0. The Hall–Kier alpha value is -1.25. The SMILES string of the molecule is CCCCC/C=C\CCCCCCCC(=O)OC(COC(=O)CCCCCCCCCCCCCCCCCCCCCCCCCCCCCCCCC)COP(=O)(O)OCC[N+](C)(C)C. The number of phosphoric ester groups is 1. The van der Waals surface area contributed by atoms with Gasteiger partial charge in [0, 0.05) is 12.8 Å². The molecule has 0 bridgehead atoms. The first-order valence-corrected chi connectivity index (χ1v) is 30.4. The van der Waals surface area contributed by atoms with Gasteiger partial charge in [-0.15, -0.1) is 0 Å². The van der Waals surface area contributed by atoms with E-state index in [1.54, 1.807) is 0 Å². The van der Waals surface area contributed by atoms with Crippen molar-refractivity contribution in [1.29, 1.82) is 0 Å². The number of hydrogen-bond donors (Lipinski definition) is 1.